The third kappa shape index (κ3) is 5.84. The van der Waals surface area contributed by atoms with Gasteiger partial charge in [0, 0.05) is 33.0 Å². The van der Waals surface area contributed by atoms with Crippen LogP contribution in [-0.2, 0) is 9.53 Å². The summed E-state index contributed by atoms with van der Waals surface area (Å²) < 4.78 is 5.03. The van der Waals surface area contributed by atoms with Crippen molar-refractivity contribution in [2.45, 2.75) is 26.7 Å². The normalized spacial score (nSPS) is 10.8. The molecule has 5 heteroatoms. The molecule has 0 saturated carbocycles. The van der Waals surface area contributed by atoms with E-state index in [1.54, 1.807) is 18.1 Å². The van der Waals surface area contributed by atoms with Gasteiger partial charge in [-0.1, -0.05) is 19.9 Å². The van der Waals surface area contributed by atoms with Gasteiger partial charge in [0.05, 0.1) is 11.5 Å². The van der Waals surface area contributed by atoms with E-state index >= 15 is 0 Å². The Hall–Kier alpha value is -1.20. The zero-order chi connectivity index (χ0) is 15.0. The second-order valence-corrected chi connectivity index (χ2v) is 6.07. The van der Waals surface area contributed by atoms with E-state index in [2.05, 4.69) is 13.8 Å². The number of carbonyl (C=O) groups excluding carboxylic acids is 2. The van der Waals surface area contributed by atoms with Gasteiger partial charge >= 0.3 is 0 Å². The first-order valence-electron chi connectivity index (χ1n) is 6.88. The quantitative estimate of drug-likeness (QED) is 0.658. The highest BCUT2D eigenvalue weighted by Gasteiger charge is 2.16. The van der Waals surface area contributed by atoms with Crippen LogP contribution < -0.4 is 0 Å². The molecule has 0 radical (unpaired) electrons. The summed E-state index contributed by atoms with van der Waals surface area (Å²) in [5, 5.41) is 1.87. The molecule has 112 valence electrons. The number of hydrogen-bond acceptors (Lipinski definition) is 4. The lowest BCUT2D eigenvalue weighted by Crippen LogP contribution is -2.36. The van der Waals surface area contributed by atoms with Crippen LogP contribution in [0.3, 0.4) is 0 Å². The molecule has 0 aliphatic carbocycles. The van der Waals surface area contributed by atoms with Gasteiger partial charge in [-0.25, -0.2) is 0 Å². The molecule has 1 aromatic rings. The van der Waals surface area contributed by atoms with Crippen molar-refractivity contribution >= 4 is 23.0 Å². The number of rotatable bonds is 9. The van der Waals surface area contributed by atoms with Gasteiger partial charge in [0.1, 0.15) is 0 Å². The molecule has 1 heterocycles. The number of nitrogens with zero attached hydrogens (tertiary/aromatic N) is 1. The predicted molar refractivity (Wildman–Crippen MR) is 81.2 cm³/mol. The average molecular weight is 297 g/mol. The third-order valence-corrected chi connectivity index (χ3v) is 3.78. The van der Waals surface area contributed by atoms with Gasteiger partial charge in [-0.05, 0) is 17.4 Å². The molecule has 0 aliphatic rings. The maximum Gasteiger partial charge on any atom is 0.223 e. The molecule has 1 aromatic heterocycles. The minimum Gasteiger partial charge on any atom is -0.383 e. The Morgan fingerprint density at radius 2 is 2.10 bits per heavy atom. The van der Waals surface area contributed by atoms with Crippen molar-refractivity contribution in [1.29, 1.82) is 0 Å². The van der Waals surface area contributed by atoms with Gasteiger partial charge in [0.25, 0.3) is 0 Å². The van der Waals surface area contributed by atoms with Crippen LogP contribution in [0, 0.1) is 5.92 Å². The summed E-state index contributed by atoms with van der Waals surface area (Å²) in [5.41, 5.74) is 0. The molecule has 4 nitrogen and oxygen atoms in total. The van der Waals surface area contributed by atoms with Gasteiger partial charge in [-0.3, -0.25) is 9.59 Å². The van der Waals surface area contributed by atoms with E-state index in [9.17, 15) is 9.59 Å². The lowest BCUT2D eigenvalue weighted by molar-refractivity contribution is -0.132. The van der Waals surface area contributed by atoms with Crippen molar-refractivity contribution in [2.75, 3.05) is 26.8 Å². The number of ether oxygens (including phenoxy) is 1. The number of amides is 1. The van der Waals surface area contributed by atoms with Gasteiger partial charge in [-0.15, -0.1) is 11.3 Å². The van der Waals surface area contributed by atoms with Crippen LogP contribution >= 0.6 is 11.3 Å². The Balaban J connectivity index is 2.46. The van der Waals surface area contributed by atoms with Crippen molar-refractivity contribution in [3.63, 3.8) is 0 Å². The maximum absolute atomic E-state index is 12.2. The van der Waals surface area contributed by atoms with Crippen LogP contribution in [0.25, 0.3) is 0 Å². The molecule has 0 bridgehead atoms. The van der Waals surface area contributed by atoms with Gasteiger partial charge in [0.2, 0.25) is 5.91 Å². The molecule has 0 N–H and O–H groups in total. The summed E-state index contributed by atoms with van der Waals surface area (Å²) in [4.78, 5) is 26.6. The van der Waals surface area contributed by atoms with E-state index in [1.807, 2.05) is 11.4 Å². The van der Waals surface area contributed by atoms with Crippen molar-refractivity contribution in [3.05, 3.63) is 22.4 Å². The molecule has 0 atom stereocenters. The highest BCUT2D eigenvalue weighted by molar-refractivity contribution is 7.12. The molecule has 0 aromatic carbocycles. The zero-order valence-electron chi connectivity index (χ0n) is 12.4. The number of ketones is 1. The second kappa shape index (κ2) is 8.87. The zero-order valence-corrected chi connectivity index (χ0v) is 13.2. The number of methoxy groups -OCH3 is 1. The van der Waals surface area contributed by atoms with E-state index < -0.39 is 0 Å². The van der Waals surface area contributed by atoms with Crippen LogP contribution in [0.5, 0.6) is 0 Å². The number of carbonyl (C=O) groups is 2. The fourth-order valence-electron chi connectivity index (χ4n) is 1.90. The summed E-state index contributed by atoms with van der Waals surface area (Å²) in [5.74, 6) is 0.481. The minimum atomic E-state index is 0.0284. The monoisotopic (exact) mass is 297 g/mol. The summed E-state index contributed by atoms with van der Waals surface area (Å²) in [6.07, 6.45) is 0.550. The lowest BCUT2D eigenvalue weighted by atomic mass is 10.1. The molecule has 0 unspecified atom stereocenters. The molecule has 0 aliphatic heterocycles. The number of hydrogen-bond donors (Lipinski definition) is 0. The molecule has 0 spiro atoms. The van der Waals surface area contributed by atoms with E-state index in [0.29, 0.717) is 25.6 Å². The molecule has 20 heavy (non-hydrogen) atoms. The highest BCUT2D eigenvalue weighted by Crippen LogP contribution is 2.13. The Labute approximate surface area is 124 Å². The predicted octanol–water partition coefficient (Wildman–Crippen LogP) is 2.84. The molecule has 1 rings (SSSR count). The Kier molecular flexibility index (Phi) is 7.47. The average Bonchev–Trinajstić information content (AvgIpc) is 2.94. The summed E-state index contributed by atoms with van der Waals surface area (Å²) in [6, 6.07) is 3.65. The summed E-state index contributed by atoms with van der Waals surface area (Å²) in [6.45, 7) is 5.96. The molecule has 0 fully saturated rings. The first-order chi connectivity index (χ1) is 9.54. The first kappa shape index (κ1) is 16.9. The van der Waals surface area contributed by atoms with Gasteiger partial charge in [-0.2, -0.15) is 0 Å². The van der Waals surface area contributed by atoms with Crippen LogP contribution in [0.15, 0.2) is 17.5 Å². The summed E-state index contributed by atoms with van der Waals surface area (Å²) >= 11 is 1.42. The van der Waals surface area contributed by atoms with Crippen molar-refractivity contribution < 1.29 is 14.3 Å². The SMILES string of the molecule is COCCN(CC(C)C)C(=O)CCC(=O)c1cccs1. The topological polar surface area (TPSA) is 46.6 Å². The fourth-order valence-corrected chi connectivity index (χ4v) is 2.59. The Bertz CT molecular complexity index is 415. The second-order valence-electron chi connectivity index (χ2n) is 5.13. The summed E-state index contributed by atoms with van der Waals surface area (Å²) in [7, 11) is 1.62. The highest BCUT2D eigenvalue weighted by atomic mass is 32.1. The Morgan fingerprint density at radius 1 is 1.35 bits per heavy atom. The molecule has 1 amide bonds. The van der Waals surface area contributed by atoms with Crippen molar-refractivity contribution in [3.8, 4) is 0 Å². The van der Waals surface area contributed by atoms with Gasteiger partial charge in [0.15, 0.2) is 5.78 Å². The standard InChI is InChI=1S/C15H23NO3S/c1-12(2)11-16(8-9-19-3)15(18)7-6-13(17)14-5-4-10-20-14/h4-5,10,12H,6-9,11H2,1-3H3. The smallest absolute Gasteiger partial charge is 0.223 e. The van der Waals surface area contributed by atoms with Crippen LogP contribution in [0.1, 0.15) is 36.4 Å². The number of Topliss-reactive ketones (excluding diaryl/α,β-unsaturated/α-hetero) is 1. The van der Waals surface area contributed by atoms with E-state index in [-0.39, 0.29) is 24.5 Å². The fraction of sp³-hybridized carbons (Fsp3) is 0.600. The molecule has 0 saturated heterocycles. The van der Waals surface area contributed by atoms with E-state index in [4.69, 9.17) is 4.74 Å². The molecular weight excluding hydrogens is 274 g/mol. The van der Waals surface area contributed by atoms with Gasteiger partial charge < -0.3 is 9.64 Å². The minimum absolute atomic E-state index is 0.0284. The van der Waals surface area contributed by atoms with Crippen molar-refractivity contribution in [1.82, 2.24) is 4.90 Å². The largest absolute Gasteiger partial charge is 0.383 e. The third-order valence-electron chi connectivity index (χ3n) is 2.87. The van der Waals surface area contributed by atoms with E-state index in [0.717, 1.165) is 4.88 Å². The Morgan fingerprint density at radius 3 is 2.65 bits per heavy atom. The van der Waals surface area contributed by atoms with Crippen LogP contribution in [0.2, 0.25) is 0 Å². The van der Waals surface area contributed by atoms with Crippen LogP contribution in [0.4, 0.5) is 0 Å². The first-order valence-corrected chi connectivity index (χ1v) is 7.76. The van der Waals surface area contributed by atoms with Crippen LogP contribution in [-0.4, -0.2) is 43.4 Å². The number of thiophene rings is 1. The lowest BCUT2D eigenvalue weighted by Gasteiger charge is -2.24. The van der Waals surface area contributed by atoms with E-state index in [1.165, 1.54) is 11.3 Å². The molecular formula is C15H23NO3S. The van der Waals surface area contributed by atoms with Crippen molar-refractivity contribution in [2.24, 2.45) is 5.92 Å². The maximum atomic E-state index is 12.2.